The summed E-state index contributed by atoms with van der Waals surface area (Å²) >= 11 is 0. The molecule has 2 bridgehead atoms. The molecular formula is C31H37N3O4. The quantitative estimate of drug-likeness (QED) is 0.597. The minimum absolute atomic E-state index is 0.0153. The number of likely N-dealkylation sites (N-methyl/N-ethyl adjacent to an activating group) is 2. The zero-order valence-electron chi connectivity index (χ0n) is 22.6. The molecule has 7 rings (SSSR count). The number of carbonyl (C=O) groups excluding carboxylic acids is 2. The monoisotopic (exact) mass is 515 g/mol. The van der Waals surface area contributed by atoms with Gasteiger partial charge in [0.1, 0.15) is 11.3 Å². The van der Waals surface area contributed by atoms with Gasteiger partial charge in [0.15, 0.2) is 0 Å². The molecule has 5 aliphatic rings. The van der Waals surface area contributed by atoms with Crippen LogP contribution in [0.4, 0.5) is 4.79 Å². The third-order valence-corrected chi connectivity index (χ3v) is 10.8. The molecule has 200 valence electrons. The van der Waals surface area contributed by atoms with Crippen LogP contribution in [0, 0.1) is 0 Å². The van der Waals surface area contributed by atoms with Crippen molar-refractivity contribution in [3.8, 4) is 5.75 Å². The van der Waals surface area contributed by atoms with Crippen molar-refractivity contribution in [1.82, 2.24) is 14.7 Å². The van der Waals surface area contributed by atoms with Crippen molar-refractivity contribution in [1.29, 1.82) is 0 Å². The van der Waals surface area contributed by atoms with Gasteiger partial charge in [0.05, 0.1) is 18.8 Å². The van der Waals surface area contributed by atoms with Gasteiger partial charge in [0.25, 0.3) is 5.91 Å². The fourth-order valence-electron chi connectivity index (χ4n) is 9.49. The predicted octanol–water partition coefficient (Wildman–Crippen LogP) is 3.47. The molecule has 2 aliphatic heterocycles. The van der Waals surface area contributed by atoms with E-state index >= 15 is 0 Å². The maximum atomic E-state index is 13.9. The van der Waals surface area contributed by atoms with E-state index in [1.165, 1.54) is 16.0 Å². The second-order valence-corrected chi connectivity index (χ2v) is 12.1. The first-order valence-electron chi connectivity index (χ1n) is 14.1. The molecular weight excluding hydrogens is 478 g/mol. The lowest BCUT2D eigenvalue weighted by atomic mass is 9.52. The number of aliphatic hydroxyl groups is 1. The molecule has 3 aliphatic carbocycles. The highest BCUT2D eigenvalue weighted by Crippen LogP contribution is 2.75. The van der Waals surface area contributed by atoms with Crippen LogP contribution in [0.25, 0.3) is 0 Å². The van der Waals surface area contributed by atoms with E-state index in [2.05, 4.69) is 41.3 Å². The number of fused-ring (bicyclic) bond motifs is 2. The molecule has 2 heterocycles. The number of methoxy groups -OCH3 is 1. The number of imide groups is 1. The van der Waals surface area contributed by atoms with E-state index in [0.717, 1.165) is 37.2 Å². The van der Waals surface area contributed by atoms with Crippen LogP contribution in [0.2, 0.25) is 0 Å². The van der Waals surface area contributed by atoms with Crippen LogP contribution < -0.4 is 4.74 Å². The van der Waals surface area contributed by atoms with Gasteiger partial charge in [0.2, 0.25) is 0 Å². The van der Waals surface area contributed by atoms with Gasteiger partial charge in [0, 0.05) is 37.0 Å². The zero-order valence-corrected chi connectivity index (χ0v) is 22.6. The molecule has 3 amide bonds. The Kier molecular flexibility index (Phi) is 4.98. The predicted molar refractivity (Wildman–Crippen MR) is 143 cm³/mol. The molecule has 4 fully saturated rings. The number of likely N-dealkylation sites (tertiary alicyclic amines) is 1. The molecule has 2 saturated carbocycles. The Balaban J connectivity index is 1.32. The number of carbonyl (C=O) groups is 2. The van der Waals surface area contributed by atoms with Crippen LogP contribution in [0.5, 0.6) is 5.75 Å². The Morgan fingerprint density at radius 1 is 1.00 bits per heavy atom. The maximum absolute atomic E-state index is 13.9. The Morgan fingerprint density at radius 3 is 2.50 bits per heavy atom. The number of nitrogens with zero attached hydrogens (tertiary/aromatic N) is 3. The molecule has 2 saturated heterocycles. The lowest BCUT2D eigenvalue weighted by Gasteiger charge is -2.64. The normalized spacial score (nSPS) is 36.9. The second-order valence-electron chi connectivity index (χ2n) is 12.1. The molecule has 0 radical (unpaired) electrons. The zero-order chi connectivity index (χ0) is 26.5. The third-order valence-electron chi connectivity index (χ3n) is 10.8. The van der Waals surface area contributed by atoms with Crippen molar-refractivity contribution >= 4 is 11.9 Å². The van der Waals surface area contributed by atoms with Gasteiger partial charge >= 0.3 is 6.03 Å². The van der Waals surface area contributed by atoms with Crippen LogP contribution in [0.15, 0.2) is 48.5 Å². The summed E-state index contributed by atoms with van der Waals surface area (Å²) in [5, 5.41) is 12.8. The van der Waals surface area contributed by atoms with Crippen molar-refractivity contribution in [3.63, 3.8) is 0 Å². The first kappa shape index (κ1) is 24.2. The Morgan fingerprint density at radius 2 is 1.79 bits per heavy atom. The highest BCUT2D eigenvalue weighted by Gasteiger charge is 2.83. The summed E-state index contributed by atoms with van der Waals surface area (Å²) in [6.07, 6.45) is 3.23. The third kappa shape index (κ3) is 2.62. The van der Waals surface area contributed by atoms with Crippen LogP contribution >= 0.6 is 0 Å². The minimum Gasteiger partial charge on any atom is -0.497 e. The molecule has 0 aromatic heterocycles. The smallest absolute Gasteiger partial charge is 0.327 e. The Labute approximate surface area is 224 Å². The topological polar surface area (TPSA) is 73.3 Å². The van der Waals surface area contributed by atoms with E-state index in [1.54, 1.807) is 12.0 Å². The van der Waals surface area contributed by atoms with E-state index in [0.29, 0.717) is 32.4 Å². The number of hydrogen-bond acceptors (Lipinski definition) is 5. The highest BCUT2D eigenvalue weighted by molar-refractivity contribution is 6.07. The largest absolute Gasteiger partial charge is 0.497 e. The van der Waals surface area contributed by atoms with Gasteiger partial charge in [-0.05, 0) is 74.8 Å². The molecule has 5 atom stereocenters. The molecule has 1 N–H and O–H groups in total. The number of hydrogen-bond donors (Lipinski definition) is 1. The van der Waals surface area contributed by atoms with Crippen molar-refractivity contribution in [2.45, 2.75) is 74.0 Å². The summed E-state index contributed by atoms with van der Waals surface area (Å²) in [5.41, 5.74) is 1.13. The Bertz CT molecular complexity index is 1330. The summed E-state index contributed by atoms with van der Waals surface area (Å²) in [6, 6.07) is 16.7. The number of amides is 3. The molecule has 7 heteroatoms. The summed E-state index contributed by atoms with van der Waals surface area (Å²) in [5.74, 6) is 0.686. The van der Waals surface area contributed by atoms with Gasteiger partial charge in [-0.1, -0.05) is 36.4 Å². The molecule has 4 unspecified atom stereocenters. The van der Waals surface area contributed by atoms with Crippen LogP contribution in [0.1, 0.15) is 56.2 Å². The number of rotatable bonds is 6. The first-order valence-corrected chi connectivity index (χ1v) is 14.1. The van der Waals surface area contributed by atoms with E-state index in [-0.39, 0.29) is 23.4 Å². The summed E-state index contributed by atoms with van der Waals surface area (Å²) in [6.45, 7) is 6.49. The molecule has 38 heavy (non-hydrogen) atoms. The molecule has 2 aromatic carbocycles. The molecule has 3 spiro atoms. The van der Waals surface area contributed by atoms with E-state index < -0.39 is 16.6 Å². The number of ether oxygens (including phenoxy) is 1. The van der Waals surface area contributed by atoms with E-state index in [4.69, 9.17) is 4.74 Å². The highest BCUT2D eigenvalue weighted by atomic mass is 16.5. The van der Waals surface area contributed by atoms with Crippen molar-refractivity contribution < 1.29 is 19.4 Å². The lowest BCUT2D eigenvalue weighted by molar-refractivity contribution is -0.167. The van der Waals surface area contributed by atoms with E-state index in [1.807, 2.05) is 26.0 Å². The van der Waals surface area contributed by atoms with Crippen molar-refractivity contribution in [2.24, 2.45) is 0 Å². The van der Waals surface area contributed by atoms with Gasteiger partial charge < -0.3 is 14.7 Å². The van der Waals surface area contributed by atoms with Gasteiger partial charge in [-0.2, -0.15) is 0 Å². The average Bonchev–Trinajstić information content (AvgIpc) is 3.39. The fraction of sp³-hybridized carbons (Fsp3) is 0.548. The Hall–Kier alpha value is -2.90. The molecule has 7 nitrogen and oxygen atoms in total. The second kappa shape index (κ2) is 7.82. The van der Waals surface area contributed by atoms with E-state index in [9.17, 15) is 14.7 Å². The van der Waals surface area contributed by atoms with Gasteiger partial charge in [-0.3, -0.25) is 14.6 Å². The number of urea groups is 1. The van der Waals surface area contributed by atoms with Gasteiger partial charge in [-0.25, -0.2) is 4.79 Å². The lowest BCUT2D eigenvalue weighted by Crippen LogP contribution is -2.76. The maximum Gasteiger partial charge on any atom is 0.327 e. The van der Waals surface area contributed by atoms with Crippen LogP contribution in [-0.4, -0.2) is 82.2 Å². The summed E-state index contributed by atoms with van der Waals surface area (Å²) < 4.78 is 5.64. The SMILES string of the molecule is CCN1C(=O)N(CC)[C@]2(CCC3(O)C4N(CCc5ccccc5)CC45CC3(C2)c2cc(OC)ccc25)C1=O. The summed E-state index contributed by atoms with van der Waals surface area (Å²) in [4.78, 5) is 33.0. The molecule has 2 aromatic rings. The van der Waals surface area contributed by atoms with Gasteiger partial charge in [-0.15, -0.1) is 0 Å². The van der Waals surface area contributed by atoms with Crippen LogP contribution in [-0.2, 0) is 22.0 Å². The van der Waals surface area contributed by atoms with Crippen LogP contribution in [0.3, 0.4) is 0 Å². The standard InChI is InChI=1S/C31H37N3O4/c1-4-33-26(35)30(34(5-2)27(33)36)14-15-31(37)25-28(20-32(25)16-13-21-9-7-6-8-10-21)18-29(31,19-30)24-17-22(38-3)11-12-23(24)28/h6-12,17,25,37H,4-5,13-16,18-20H2,1-3H3/t25?,28?,29?,30-,31?/m0/s1. The fourth-order valence-corrected chi connectivity index (χ4v) is 9.49. The number of benzene rings is 2. The first-order chi connectivity index (χ1) is 18.3. The average molecular weight is 516 g/mol. The minimum atomic E-state index is -0.963. The summed E-state index contributed by atoms with van der Waals surface area (Å²) in [7, 11) is 1.67. The van der Waals surface area contributed by atoms with Crippen molar-refractivity contribution in [3.05, 3.63) is 65.2 Å². The van der Waals surface area contributed by atoms with Crippen molar-refractivity contribution in [2.75, 3.05) is 33.3 Å².